The van der Waals surface area contributed by atoms with E-state index >= 15 is 0 Å². The van der Waals surface area contributed by atoms with Crippen LogP contribution >= 0.6 is 11.6 Å². The van der Waals surface area contributed by atoms with Gasteiger partial charge >= 0.3 is 5.69 Å². The van der Waals surface area contributed by atoms with Crippen LogP contribution in [0.4, 0.5) is 5.69 Å². The minimum absolute atomic E-state index is 0.108. The summed E-state index contributed by atoms with van der Waals surface area (Å²) in [6.45, 7) is 0. The molecule has 0 aliphatic rings. The van der Waals surface area contributed by atoms with Crippen molar-refractivity contribution in [1.82, 2.24) is 4.98 Å². The summed E-state index contributed by atoms with van der Waals surface area (Å²) in [4.78, 5) is 12.9. The number of aromatic nitrogens is 1. The molecular formula is C5H2ClN2O2. The average Bonchev–Trinajstić information content (AvgIpc) is 1.88. The SMILES string of the molecule is O=[N+]([O-])c1c[c]cnc1Cl. The van der Waals surface area contributed by atoms with Crippen molar-refractivity contribution >= 4 is 17.3 Å². The molecule has 1 radical (unpaired) electrons. The van der Waals surface area contributed by atoms with E-state index in [-0.39, 0.29) is 10.8 Å². The first-order valence-corrected chi connectivity index (χ1v) is 2.75. The van der Waals surface area contributed by atoms with E-state index in [9.17, 15) is 10.1 Å². The summed E-state index contributed by atoms with van der Waals surface area (Å²) in [5.74, 6) is 0. The fourth-order valence-corrected chi connectivity index (χ4v) is 0.636. The number of hydrogen-bond acceptors (Lipinski definition) is 3. The molecule has 1 rings (SSSR count). The number of nitrogens with zero attached hydrogens (tertiary/aromatic N) is 2. The quantitative estimate of drug-likeness (QED) is 0.352. The maximum absolute atomic E-state index is 10.1. The first-order valence-electron chi connectivity index (χ1n) is 2.38. The van der Waals surface area contributed by atoms with Crippen LogP contribution in [0.15, 0.2) is 12.3 Å². The third-order valence-electron chi connectivity index (χ3n) is 0.881. The topological polar surface area (TPSA) is 56.0 Å². The third kappa shape index (κ3) is 1.22. The largest absolute Gasteiger partial charge is 0.307 e. The zero-order valence-corrected chi connectivity index (χ0v) is 5.50. The molecule has 1 heterocycles. The third-order valence-corrected chi connectivity index (χ3v) is 1.17. The number of pyridine rings is 1. The van der Waals surface area contributed by atoms with E-state index in [4.69, 9.17) is 11.6 Å². The molecule has 0 amide bonds. The standard InChI is InChI=1S/C5H2ClN2O2/c6-5-4(8(9)10)2-1-3-7-5/h2-3H. The van der Waals surface area contributed by atoms with E-state index in [0.29, 0.717) is 0 Å². The summed E-state index contributed by atoms with van der Waals surface area (Å²) in [7, 11) is 0. The molecular weight excluding hydrogens is 156 g/mol. The van der Waals surface area contributed by atoms with E-state index in [1.165, 1.54) is 12.3 Å². The Hall–Kier alpha value is -1.16. The van der Waals surface area contributed by atoms with Crippen LogP contribution in [0.25, 0.3) is 0 Å². The Bertz CT molecular complexity index is 264. The van der Waals surface area contributed by atoms with Crippen molar-refractivity contribution in [3.05, 3.63) is 33.6 Å². The van der Waals surface area contributed by atoms with E-state index in [1.54, 1.807) is 0 Å². The van der Waals surface area contributed by atoms with Gasteiger partial charge < -0.3 is 0 Å². The Morgan fingerprint density at radius 2 is 2.50 bits per heavy atom. The summed E-state index contributed by atoms with van der Waals surface area (Å²) in [6, 6.07) is 3.62. The van der Waals surface area contributed by atoms with Gasteiger partial charge in [0.15, 0.2) is 0 Å². The number of rotatable bonds is 1. The molecule has 0 bridgehead atoms. The Kier molecular flexibility index (Phi) is 1.82. The minimum Gasteiger partial charge on any atom is -0.258 e. The fourth-order valence-electron chi connectivity index (χ4n) is 0.464. The summed E-state index contributed by atoms with van der Waals surface area (Å²) < 4.78 is 0. The average molecular weight is 158 g/mol. The molecule has 0 atom stereocenters. The summed E-state index contributed by atoms with van der Waals surface area (Å²) in [5, 5.41) is 9.98. The van der Waals surface area contributed by atoms with Crippen LogP contribution in [0, 0.1) is 16.2 Å². The van der Waals surface area contributed by atoms with Gasteiger partial charge in [-0.15, -0.1) is 0 Å². The van der Waals surface area contributed by atoms with Gasteiger partial charge in [-0.25, -0.2) is 4.98 Å². The second-order valence-electron chi connectivity index (χ2n) is 1.50. The highest BCUT2D eigenvalue weighted by molar-refractivity contribution is 6.31. The monoisotopic (exact) mass is 157 g/mol. The van der Waals surface area contributed by atoms with Crippen molar-refractivity contribution in [1.29, 1.82) is 0 Å². The van der Waals surface area contributed by atoms with Crippen LogP contribution in [-0.2, 0) is 0 Å². The van der Waals surface area contributed by atoms with E-state index < -0.39 is 4.92 Å². The molecule has 0 aliphatic carbocycles. The molecule has 1 aromatic heterocycles. The van der Waals surface area contributed by atoms with Crippen molar-refractivity contribution in [2.45, 2.75) is 0 Å². The number of hydrogen-bond donors (Lipinski definition) is 0. The van der Waals surface area contributed by atoms with Gasteiger partial charge in [0.1, 0.15) is 0 Å². The van der Waals surface area contributed by atoms with Crippen molar-refractivity contribution < 1.29 is 4.92 Å². The normalized spacial score (nSPS) is 9.30. The van der Waals surface area contributed by atoms with Gasteiger partial charge in [-0.05, 0) is 0 Å². The molecule has 0 N–H and O–H groups in total. The first kappa shape index (κ1) is 6.95. The highest BCUT2D eigenvalue weighted by atomic mass is 35.5. The summed E-state index contributed by atoms with van der Waals surface area (Å²) in [5.41, 5.74) is -0.218. The second-order valence-corrected chi connectivity index (χ2v) is 1.86. The fraction of sp³-hybridized carbons (Fsp3) is 0. The van der Waals surface area contributed by atoms with Crippen molar-refractivity contribution in [2.75, 3.05) is 0 Å². The highest BCUT2D eigenvalue weighted by Crippen LogP contribution is 2.18. The zero-order chi connectivity index (χ0) is 7.56. The molecule has 0 saturated heterocycles. The van der Waals surface area contributed by atoms with Crippen LogP contribution in [0.2, 0.25) is 5.15 Å². The molecule has 1 aromatic rings. The molecule has 0 fully saturated rings. The smallest absolute Gasteiger partial charge is 0.258 e. The van der Waals surface area contributed by atoms with Crippen LogP contribution in [0.3, 0.4) is 0 Å². The zero-order valence-electron chi connectivity index (χ0n) is 4.74. The van der Waals surface area contributed by atoms with Gasteiger partial charge in [0.05, 0.1) is 4.92 Å². The lowest BCUT2D eigenvalue weighted by Crippen LogP contribution is -1.89. The van der Waals surface area contributed by atoms with Crippen molar-refractivity contribution in [3.8, 4) is 0 Å². The molecule has 0 aliphatic heterocycles. The van der Waals surface area contributed by atoms with Gasteiger partial charge in [0.25, 0.3) is 0 Å². The number of nitro groups is 1. The van der Waals surface area contributed by atoms with Crippen LogP contribution < -0.4 is 0 Å². The molecule has 0 unspecified atom stereocenters. The maximum Gasteiger partial charge on any atom is 0.307 e. The molecule has 51 valence electrons. The Balaban J connectivity index is 3.15. The first-order chi connectivity index (χ1) is 4.72. The van der Waals surface area contributed by atoms with Crippen molar-refractivity contribution in [3.63, 3.8) is 0 Å². The van der Waals surface area contributed by atoms with Crippen LogP contribution in [0.5, 0.6) is 0 Å². The Morgan fingerprint density at radius 3 is 2.90 bits per heavy atom. The Morgan fingerprint density at radius 1 is 1.80 bits per heavy atom. The second kappa shape index (κ2) is 2.62. The molecule has 5 heteroatoms. The molecule has 0 saturated carbocycles. The predicted octanol–water partition coefficient (Wildman–Crippen LogP) is 1.44. The minimum atomic E-state index is -0.605. The van der Waals surface area contributed by atoms with E-state index in [0.717, 1.165) is 0 Å². The van der Waals surface area contributed by atoms with Gasteiger partial charge in [-0.3, -0.25) is 10.1 Å². The summed E-state index contributed by atoms with van der Waals surface area (Å²) in [6.07, 6.45) is 1.27. The lowest BCUT2D eigenvalue weighted by molar-refractivity contribution is -0.385. The molecule has 0 aromatic carbocycles. The highest BCUT2D eigenvalue weighted by Gasteiger charge is 2.10. The molecule has 10 heavy (non-hydrogen) atoms. The van der Waals surface area contributed by atoms with Crippen molar-refractivity contribution in [2.24, 2.45) is 0 Å². The van der Waals surface area contributed by atoms with Gasteiger partial charge in [0.2, 0.25) is 5.15 Å². The molecule has 0 spiro atoms. The maximum atomic E-state index is 10.1. The lowest BCUT2D eigenvalue weighted by atomic mass is 10.4. The predicted molar refractivity (Wildman–Crippen MR) is 34.7 cm³/mol. The summed E-state index contributed by atoms with van der Waals surface area (Å²) >= 11 is 5.35. The Labute approximate surface area is 61.6 Å². The lowest BCUT2D eigenvalue weighted by Gasteiger charge is -1.89. The van der Waals surface area contributed by atoms with Crippen LogP contribution in [-0.4, -0.2) is 9.91 Å². The van der Waals surface area contributed by atoms with Crippen LogP contribution in [0.1, 0.15) is 0 Å². The van der Waals surface area contributed by atoms with Gasteiger partial charge in [0, 0.05) is 18.3 Å². The molecule has 4 nitrogen and oxygen atoms in total. The van der Waals surface area contributed by atoms with E-state index in [2.05, 4.69) is 11.1 Å². The van der Waals surface area contributed by atoms with Gasteiger partial charge in [-0.1, -0.05) is 11.6 Å². The van der Waals surface area contributed by atoms with Gasteiger partial charge in [-0.2, -0.15) is 0 Å². The number of halogens is 1. The van der Waals surface area contributed by atoms with E-state index in [1.807, 2.05) is 0 Å².